The number of nitrogens with one attached hydrogen (secondary N) is 1. The average molecular weight is 597 g/mol. The normalized spacial score (nSPS) is 36.7. The third-order valence-electron chi connectivity index (χ3n) is 11.6. The molecule has 4 fully saturated rings. The van der Waals surface area contributed by atoms with Gasteiger partial charge >= 0.3 is 0 Å². The lowest BCUT2D eigenvalue weighted by Gasteiger charge is -2.57. The highest BCUT2D eigenvalue weighted by Gasteiger charge is 2.56. The Labute approximate surface area is 261 Å². The van der Waals surface area contributed by atoms with Crippen molar-refractivity contribution >= 4 is 23.1 Å². The number of fused-ring (bicyclic) bond motifs is 2. The molecular formula is C35H56N4O2S. The molecule has 0 aromatic carbocycles. The summed E-state index contributed by atoms with van der Waals surface area (Å²) in [5.41, 5.74) is -0.326. The molecule has 6 unspecified atom stereocenters. The van der Waals surface area contributed by atoms with Crippen molar-refractivity contribution in [2.45, 2.75) is 84.7 Å². The summed E-state index contributed by atoms with van der Waals surface area (Å²) < 4.78 is 6.81. The summed E-state index contributed by atoms with van der Waals surface area (Å²) in [6.07, 6.45) is 11.8. The number of carbonyl (C=O) groups is 1. The Balaban J connectivity index is 1.45. The standard InChI is InChI=1S/C35H56N4O2S/c1-8-10-30(31(40)27(5)29(23-36)22-34(9-2)19-26(34)4)35-18-25(3)17-28(21-35)20-33(6,24-35)41-16-15-38-11-13-39(14-12-38)32(42)37-7/h8-9,25-30H,1-2,10-22,24H2,3-7H3,(H,37,42)/t25?,26-,27?,28?,29-,30?,33?,34-,35?/m0/s1. The van der Waals surface area contributed by atoms with Crippen molar-refractivity contribution in [2.24, 2.45) is 46.3 Å². The molecule has 3 aliphatic carbocycles. The SMILES string of the molecule is C=CCC(C(=O)C(C)[C@H](C#N)C[C@]1(C=C)C[C@@H]1C)C12CC(C)CC(CC(C)(OCCN3CCN(C(=S)NC)CC3)C1)C2. The van der Waals surface area contributed by atoms with Gasteiger partial charge in [-0.2, -0.15) is 5.26 Å². The van der Waals surface area contributed by atoms with E-state index in [-0.39, 0.29) is 40.0 Å². The highest BCUT2D eigenvalue weighted by atomic mass is 32.1. The second-order valence-electron chi connectivity index (χ2n) is 14.8. The maximum Gasteiger partial charge on any atom is 0.168 e. The smallest absolute Gasteiger partial charge is 0.168 e. The predicted octanol–water partition coefficient (Wildman–Crippen LogP) is 6.24. The Hall–Kier alpha value is -1.75. The number of rotatable bonds is 13. The van der Waals surface area contributed by atoms with Crippen LogP contribution in [0.15, 0.2) is 25.3 Å². The van der Waals surface area contributed by atoms with E-state index in [0.717, 1.165) is 76.4 Å². The van der Waals surface area contributed by atoms with Crippen molar-refractivity contribution in [1.29, 1.82) is 5.26 Å². The molecule has 42 heavy (non-hydrogen) atoms. The molecule has 0 aromatic heterocycles. The van der Waals surface area contributed by atoms with E-state index in [1.807, 2.05) is 26.1 Å². The Kier molecular flexibility index (Phi) is 10.6. The molecule has 1 N–H and O–H groups in total. The summed E-state index contributed by atoms with van der Waals surface area (Å²) in [5.74, 6) is 1.27. The second kappa shape index (κ2) is 13.5. The summed E-state index contributed by atoms with van der Waals surface area (Å²) >= 11 is 5.41. The van der Waals surface area contributed by atoms with E-state index < -0.39 is 0 Å². The zero-order chi connectivity index (χ0) is 30.7. The molecule has 0 radical (unpaired) electrons. The van der Waals surface area contributed by atoms with Crippen LogP contribution in [0.5, 0.6) is 0 Å². The molecule has 9 atom stereocenters. The summed E-state index contributed by atoms with van der Waals surface area (Å²) in [4.78, 5) is 19.2. The quantitative estimate of drug-likeness (QED) is 0.199. The first-order valence-corrected chi connectivity index (χ1v) is 16.9. The van der Waals surface area contributed by atoms with Crippen molar-refractivity contribution in [3.05, 3.63) is 25.3 Å². The van der Waals surface area contributed by atoms with Crippen molar-refractivity contribution in [1.82, 2.24) is 15.1 Å². The highest BCUT2D eigenvalue weighted by molar-refractivity contribution is 7.80. The van der Waals surface area contributed by atoms with Gasteiger partial charge in [-0.05, 0) is 99.1 Å². The Morgan fingerprint density at radius 2 is 1.88 bits per heavy atom. The average Bonchev–Trinajstić information content (AvgIpc) is 3.61. The lowest BCUT2D eigenvalue weighted by Crippen LogP contribution is -2.54. The number of ketones is 1. The van der Waals surface area contributed by atoms with Crippen LogP contribution in [0.3, 0.4) is 0 Å². The lowest BCUT2D eigenvalue weighted by atomic mass is 9.49. The minimum absolute atomic E-state index is 0.0221. The van der Waals surface area contributed by atoms with E-state index in [9.17, 15) is 10.1 Å². The number of piperazine rings is 1. The molecule has 6 nitrogen and oxygen atoms in total. The topological polar surface area (TPSA) is 68.6 Å². The van der Waals surface area contributed by atoms with E-state index in [1.54, 1.807) is 0 Å². The summed E-state index contributed by atoms with van der Waals surface area (Å²) in [5, 5.41) is 14.1. The molecule has 234 valence electrons. The van der Waals surface area contributed by atoms with Crippen LogP contribution in [0.1, 0.15) is 79.1 Å². The number of hydrogen-bond donors (Lipinski definition) is 1. The Morgan fingerprint density at radius 1 is 1.19 bits per heavy atom. The van der Waals surface area contributed by atoms with Gasteiger partial charge in [0, 0.05) is 51.6 Å². The molecular weight excluding hydrogens is 540 g/mol. The number of nitriles is 1. The maximum atomic E-state index is 14.4. The number of hydrogen-bond acceptors (Lipinski definition) is 5. The van der Waals surface area contributed by atoms with E-state index in [4.69, 9.17) is 17.0 Å². The third kappa shape index (κ3) is 7.13. The Morgan fingerprint density at radius 3 is 2.45 bits per heavy atom. The molecule has 0 aromatic rings. The first-order chi connectivity index (χ1) is 19.9. The maximum absolute atomic E-state index is 14.4. The van der Waals surface area contributed by atoms with Crippen molar-refractivity contribution in [3.63, 3.8) is 0 Å². The van der Waals surface area contributed by atoms with Crippen molar-refractivity contribution in [2.75, 3.05) is 46.4 Å². The summed E-state index contributed by atoms with van der Waals surface area (Å²) in [6.45, 7) is 22.6. The Bertz CT molecular complexity index is 1050. The molecule has 1 saturated heterocycles. The predicted molar refractivity (Wildman–Crippen MR) is 175 cm³/mol. The lowest BCUT2D eigenvalue weighted by molar-refractivity contribution is -0.160. The fraction of sp³-hybridized carbons (Fsp3) is 0.800. The fourth-order valence-corrected chi connectivity index (χ4v) is 9.53. The van der Waals surface area contributed by atoms with Crippen LogP contribution in [-0.2, 0) is 9.53 Å². The third-order valence-corrected chi connectivity index (χ3v) is 12.0. The zero-order valence-corrected chi connectivity index (χ0v) is 27.8. The van der Waals surface area contributed by atoms with Crippen LogP contribution in [0.25, 0.3) is 0 Å². The van der Waals surface area contributed by atoms with Crippen molar-refractivity contribution < 1.29 is 9.53 Å². The van der Waals surface area contributed by atoms with Gasteiger partial charge in [0.2, 0.25) is 0 Å². The highest BCUT2D eigenvalue weighted by Crippen LogP contribution is 2.61. The van der Waals surface area contributed by atoms with E-state index in [1.165, 1.54) is 6.42 Å². The van der Waals surface area contributed by atoms with Gasteiger partial charge in [-0.15, -0.1) is 13.2 Å². The molecule has 7 heteroatoms. The molecule has 3 saturated carbocycles. The van der Waals surface area contributed by atoms with Gasteiger partial charge in [-0.1, -0.05) is 32.9 Å². The van der Waals surface area contributed by atoms with Crippen LogP contribution in [0.4, 0.5) is 0 Å². The monoisotopic (exact) mass is 596 g/mol. The van der Waals surface area contributed by atoms with E-state index in [0.29, 0.717) is 30.8 Å². The van der Waals surface area contributed by atoms with Gasteiger partial charge in [0.05, 0.1) is 24.2 Å². The summed E-state index contributed by atoms with van der Waals surface area (Å²) in [6, 6.07) is 2.55. The van der Waals surface area contributed by atoms with Crippen LogP contribution < -0.4 is 5.32 Å². The molecule has 4 rings (SSSR count). The van der Waals surface area contributed by atoms with Gasteiger partial charge in [0.25, 0.3) is 0 Å². The van der Waals surface area contributed by atoms with Crippen LogP contribution in [-0.4, -0.2) is 72.7 Å². The number of thiocarbonyl (C=S) groups is 1. The van der Waals surface area contributed by atoms with Gasteiger partial charge < -0.3 is 15.0 Å². The molecule has 1 aliphatic heterocycles. The molecule has 4 aliphatic rings. The van der Waals surface area contributed by atoms with Crippen molar-refractivity contribution in [3.8, 4) is 6.07 Å². The first-order valence-electron chi connectivity index (χ1n) is 16.4. The molecule has 2 bridgehead atoms. The van der Waals surface area contributed by atoms with Crippen LogP contribution in [0, 0.1) is 57.7 Å². The minimum Gasteiger partial charge on any atom is -0.374 e. The zero-order valence-electron chi connectivity index (χ0n) is 27.0. The van der Waals surface area contributed by atoms with Gasteiger partial charge in [0.1, 0.15) is 5.78 Å². The number of ether oxygens (including phenoxy) is 1. The number of allylic oxidation sites excluding steroid dienone is 2. The molecule has 0 spiro atoms. The number of carbonyl (C=O) groups excluding carboxylic acids is 1. The van der Waals surface area contributed by atoms with Crippen LogP contribution >= 0.6 is 12.2 Å². The molecule has 1 heterocycles. The largest absolute Gasteiger partial charge is 0.374 e. The minimum atomic E-state index is -0.293. The van der Waals surface area contributed by atoms with E-state index in [2.05, 4.69) is 55.1 Å². The van der Waals surface area contributed by atoms with E-state index >= 15 is 0 Å². The number of nitrogens with zero attached hydrogens (tertiary/aromatic N) is 3. The van der Waals surface area contributed by atoms with Gasteiger partial charge in [0.15, 0.2) is 5.11 Å². The summed E-state index contributed by atoms with van der Waals surface area (Å²) in [7, 11) is 1.89. The van der Waals surface area contributed by atoms with Crippen LogP contribution in [0.2, 0.25) is 0 Å². The second-order valence-corrected chi connectivity index (χ2v) is 15.2. The fourth-order valence-electron chi connectivity index (χ4n) is 9.34. The molecule has 0 amide bonds. The van der Waals surface area contributed by atoms with Gasteiger partial charge in [-0.25, -0.2) is 0 Å². The number of Topliss-reactive ketones (excluding diaryl/α,β-unsaturated/α-hetero) is 1. The van der Waals surface area contributed by atoms with Gasteiger partial charge in [-0.3, -0.25) is 9.69 Å². The first kappa shape index (κ1) is 33.1.